The van der Waals surface area contributed by atoms with Gasteiger partial charge in [0.25, 0.3) is 8.32 Å². The van der Waals surface area contributed by atoms with Crippen molar-refractivity contribution in [2.75, 3.05) is 6.61 Å². The molecule has 0 N–H and O–H groups in total. The zero-order chi connectivity index (χ0) is 24.2. The van der Waals surface area contributed by atoms with Crippen LogP contribution < -0.4 is 10.4 Å². The molecule has 0 spiro atoms. The molecule has 3 aromatic rings. The first-order valence-electron chi connectivity index (χ1n) is 12.7. The van der Waals surface area contributed by atoms with E-state index in [2.05, 4.69) is 113 Å². The van der Waals surface area contributed by atoms with E-state index >= 15 is 0 Å². The van der Waals surface area contributed by atoms with Crippen LogP contribution in [0.5, 0.6) is 0 Å². The van der Waals surface area contributed by atoms with E-state index in [0.717, 1.165) is 25.7 Å². The number of ketones is 1. The third-order valence-corrected chi connectivity index (χ3v) is 12.4. The Hall–Kier alpha value is -2.49. The fourth-order valence-corrected chi connectivity index (χ4v) is 10.1. The molecule has 178 valence electrons. The molecule has 0 bridgehead atoms. The summed E-state index contributed by atoms with van der Waals surface area (Å²) in [5.74, 6) is 0.946. The summed E-state index contributed by atoms with van der Waals surface area (Å²) < 4.78 is 7.13. The van der Waals surface area contributed by atoms with Gasteiger partial charge in [-0.2, -0.15) is 0 Å². The monoisotopic (exact) mass is 470 g/mol. The Kier molecular flexibility index (Phi) is 7.54. The molecule has 0 heterocycles. The van der Waals surface area contributed by atoms with Gasteiger partial charge in [0.1, 0.15) is 5.78 Å². The van der Waals surface area contributed by atoms with Crippen LogP contribution in [0.15, 0.2) is 84.9 Å². The zero-order valence-electron chi connectivity index (χ0n) is 21.1. The SMILES string of the molecule is C[C@H](CO[Si](c1ccccc1)(c1ccccc1)C(C)(C)C)c1ccc(C[C@H]2CCCC2=O)cc1. The van der Waals surface area contributed by atoms with Crippen molar-refractivity contribution < 1.29 is 9.22 Å². The average Bonchev–Trinajstić information content (AvgIpc) is 3.24. The topological polar surface area (TPSA) is 26.3 Å². The van der Waals surface area contributed by atoms with Crippen LogP contribution in [0, 0.1) is 5.92 Å². The minimum atomic E-state index is -2.53. The van der Waals surface area contributed by atoms with Crippen LogP contribution in [0.25, 0.3) is 0 Å². The number of benzene rings is 3. The van der Waals surface area contributed by atoms with Gasteiger partial charge < -0.3 is 4.43 Å². The minimum absolute atomic E-state index is 0.0207. The molecule has 3 heteroatoms. The second-order valence-electron chi connectivity index (χ2n) is 10.9. The van der Waals surface area contributed by atoms with Gasteiger partial charge >= 0.3 is 0 Å². The molecule has 0 unspecified atom stereocenters. The van der Waals surface area contributed by atoms with Gasteiger partial charge in [-0.1, -0.05) is 113 Å². The molecule has 1 aliphatic carbocycles. The van der Waals surface area contributed by atoms with E-state index in [-0.39, 0.29) is 16.9 Å². The second kappa shape index (κ2) is 10.4. The largest absolute Gasteiger partial charge is 0.407 e. The quantitative estimate of drug-likeness (QED) is 0.362. The summed E-state index contributed by atoms with van der Waals surface area (Å²) in [4.78, 5) is 12.0. The second-order valence-corrected chi connectivity index (χ2v) is 15.2. The minimum Gasteiger partial charge on any atom is -0.407 e. The van der Waals surface area contributed by atoms with E-state index in [4.69, 9.17) is 4.43 Å². The van der Waals surface area contributed by atoms with Crippen molar-refractivity contribution in [3.05, 3.63) is 96.1 Å². The van der Waals surface area contributed by atoms with Crippen molar-refractivity contribution >= 4 is 24.5 Å². The summed E-state index contributed by atoms with van der Waals surface area (Å²) in [5, 5.41) is 2.61. The molecule has 2 nitrogen and oxygen atoms in total. The van der Waals surface area contributed by atoms with Gasteiger partial charge in [0.15, 0.2) is 0 Å². The van der Waals surface area contributed by atoms with Crippen molar-refractivity contribution in [2.24, 2.45) is 5.92 Å². The number of hydrogen-bond donors (Lipinski definition) is 0. The zero-order valence-corrected chi connectivity index (χ0v) is 22.1. The average molecular weight is 471 g/mol. The molecule has 0 aliphatic heterocycles. The van der Waals surface area contributed by atoms with Gasteiger partial charge in [0, 0.05) is 24.9 Å². The Balaban J connectivity index is 1.56. The van der Waals surface area contributed by atoms with E-state index < -0.39 is 8.32 Å². The van der Waals surface area contributed by atoms with E-state index in [1.165, 1.54) is 21.5 Å². The molecule has 0 saturated heterocycles. The third-order valence-electron chi connectivity index (χ3n) is 7.43. The molecule has 2 atom stereocenters. The summed E-state index contributed by atoms with van der Waals surface area (Å²) >= 11 is 0. The van der Waals surface area contributed by atoms with Crippen molar-refractivity contribution in [3.8, 4) is 0 Å². The van der Waals surface area contributed by atoms with Crippen LogP contribution in [0.1, 0.15) is 64.0 Å². The summed E-state index contributed by atoms with van der Waals surface area (Å²) in [7, 11) is -2.53. The van der Waals surface area contributed by atoms with Crippen LogP contribution in [0.2, 0.25) is 5.04 Å². The van der Waals surface area contributed by atoms with Gasteiger partial charge in [-0.25, -0.2) is 0 Å². The van der Waals surface area contributed by atoms with Gasteiger partial charge in [-0.15, -0.1) is 0 Å². The lowest BCUT2D eigenvalue weighted by molar-refractivity contribution is -0.120. The first kappa shape index (κ1) is 24.6. The molecular formula is C31H38O2Si. The maximum Gasteiger partial charge on any atom is 0.261 e. The summed E-state index contributed by atoms with van der Waals surface area (Å²) in [6.07, 6.45) is 3.74. The Morgan fingerprint density at radius 2 is 1.44 bits per heavy atom. The van der Waals surface area contributed by atoms with Crippen LogP contribution >= 0.6 is 0 Å². The van der Waals surface area contributed by atoms with Crippen LogP contribution in [0.4, 0.5) is 0 Å². The lowest BCUT2D eigenvalue weighted by Crippen LogP contribution is -2.66. The molecule has 0 amide bonds. The van der Waals surface area contributed by atoms with Crippen molar-refractivity contribution in [1.29, 1.82) is 0 Å². The number of rotatable bonds is 8. The van der Waals surface area contributed by atoms with E-state index in [9.17, 15) is 4.79 Å². The van der Waals surface area contributed by atoms with Crippen molar-refractivity contribution in [2.45, 2.75) is 64.3 Å². The van der Waals surface area contributed by atoms with Crippen LogP contribution in [-0.2, 0) is 15.6 Å². The van der Waals surface area contributed by atoms with E-state index in [0.29, 0.717) is 12.4 Å². The predicted octanol–water partition coefficient (Wildman–Crippen LogP) is 6.28. The van der Waals surface area contributed by atoms with E-state index in [1.807, 2.05) is 0 Å². The normalized spacial score (nSPS) is 17.6. The van der Waals surface area contributed by atoms with Crippen molar-refractivity contribution in [1.82, 2.24) is 0 Å². The Labute approximate surface area is 206 Å². The Morgan fingerprint density at radius 1 is 0.882 bits per heavy atom. The molecule has 0 radical (unpaired) electrons. The first-order chi connectivity index (χ1) is 16.3. The lowest BCUT2D eigenvalue weighted by atomic mass is 9.94. The smallest absolute Gasteiger partial charge is 0.261 e. The molecule has 4 rings (SSSR count). The predicted molar refractivity (Wildman–Crippen MR) is 144 cm³/mol. The third kappa shape index (κ3) is 5.11. The highest BCUT2D eigenvalue weighted by atomic mass is 28.4. The maximum absolute atomic E-state index is 12.0. The van der Waals surface area contributed by atoms with Gasteiger partial charge in [-0.05, 0) is 45.8 Å². The molecule has 1 saturated carbocycles. The number of carbonyl (C=O) groups excluding carboxylic acids is 1. The summed E-state index contributed by atoms with van der Waals surface area (Å²) in [5.41, 5.74) is 2.56. The molecular weight excluding hydrogens is 432 g/mol. The molecule has 0 aromatic heterocycles. The van der Waals surface area contributed by atoms with Gasteiger partial charge in [0.2, 0.25) is 0 Å². The molecule has 34 heavy (non-hydrogen) atoms. The maximum atomic E-state index is 12.0. The highest BCUT2D eigenvalue weighted by molar-refractivity contribution is 6.99. The fourth-order valence-electron chi connectivity index (χ4n) is 5.48. The van der Waals surface area contributed by atoms with E-state index in [1.54, 1.807) is 0 Å². The number of carbonyl (C=O) groups is 1. The molecule has 3 aromatic carbocycles. The van der Waals surface area contributed by atoms with Gasteiger partial charge in [-0.3, -0.25) is 4.79 Å². The van der Waals surface area contributed by atoms with Crippen LogP contribution in [0.3, 0.4) is 0 Å². The molecule has 1 fully saturated rings. The van der Waals surface area contributed by atoms with Crippen LogP contribution in [-0.4, -0.2) is 20.7 Å². The fraction of sp³-hybridized carbons (Fsp3) is 0.387. The Morgan fingerprint density at radius 3 is 1.91 bits per heavy atom. The summed E-state index contributed by atoms with van der Waals surface area (Å²) in [6.45, 7) is 9.90. The highest BCUT2D eigenvalue weighted by Gasteiger charge is 2.50. The van der Waals surface area contributed by atoms with Crippen molar-refractivity contribution in [3.63, 3.8) is 0 Å². The van der Waals surface area contributed by atoms with Gasteiger partial charge in [0.05, 0.1) is 0 Å². The lowest BCUT2D eigenvalue weighted by Gasteiger charge is -2.43. The number of Topliss-reactive ketones (excluding diaryl/α,β-unsaturated/α-hetero) is 1. The summed E-state index contributed by atoms with van der Waals surface area (Å²) in [6, 6.07) is 30.5. The first-order valence-corrected chi connectivity index (χ1v) is 14.6. The Bertz CT molecular complexity index is 1030. The number of hydrogen-bond acceptors (Lipinski definition) is 2. The highest BCUT2D eigenvalue weighted by Crippen LogP contribution is 2.37. The molecule has 1 aliphatic rings. The standard InChI is InChI=1S/C31H38O2Si/c1-24(26-20-18-25(19-21-26)22-27-12-11-17-30(27)32)23-33-34(31(2,3)4,28-13-7-5-8-14-28)29-15-9-6-10-16-29/h5-10,13-16,18-21,24,27H,11-12,17,22-23H2,1-4H3/t24-,27-/m1/s1.